The van der Waals surface area contributed by atoms with Gasteiger partial charge in [0.1, 0.15) is 17.7 Å². The van der Waals surface area contributed by atoms with Crippen molar-refractivity contribution >= 4 is 10.0 Å². The van der Waals surface area contributed by atoms with Gasteiger partial charge < -0.3 is 4.74 Å². The van der Waals surface area contributed by atoms with Crippen LogP contribution in [0.15, 0.2) is 30.6 Å². The summed E-state index contributed by atoms with van der Waals surface area (Å²) in [6.07, 6.45) is 5.03. The molecule has 3 rings (SSSR count). The highest BCUT2D eigenvalue weighted by Gasteiger charge is 2.31. The molecular formula is C18H21F2N3O3S. The Bertz CT molecular complexity index is 891. The predicted molar refractivity (Wildman–Crippen MR) is 95.6 cm³/mol. The number of aryl methyl sites for hydroxylation is 1. The zero-order chi connectivity index (χ0) is 19.4. The minimum absolute atomic E-state index is 0.123. The van der Waals surface area contributed by atoms with Gasteiger partial charge in [0.25, 0.3) is 0 Å². The highest BCUT2D eigenvalue weighted by Crippen LogP contribution is 2.21. The quantitative estimate of drug-likeness (QED) is 0.749. The van der Waals surface area contributed by atoms with E-state index in [0.717, 1.165) is 30.2 Å². The van der Waals surface area contributed by atoms with Crippen molar-refractivity contribution in [3.8, 4) is 6.01 Å². The first-order valence-corrected chi connectivity index (χ1v) is 10.4. The van der Waals surface area contributed by atoms with Gasteiger partial charge >= 0.3 is 6.01 Å². The Kier molecular flexibility index (Phi) is 6.01. The van der Waals surface area contributed by atoms with E-state index in [1.54, 1.807) is 12.4 Å². The Morgan fingerprint density at radius 1 is 1.26 bits per heavy atom. The number of hydrogen-bond acceptors (Lipinski definition) is 5. The molecule has 0 saturated carbocycles. The Morgan fingerprint density at radius 2 is 2.00 bits per heavy atom. The van der Waals surface area contributed by atoms with Crippen molar-refractivity contribution in [2.24, 2.45) is 0 Å². The fourth-order valence-electron chi connectivity index (χ4n) is 2.93. The first-order chi connectivity index (χ1) is 12.9. The Labute approximate surface area is 157 Å². The number of hydrogen-bond donors (Lipinski definition) is 0. The molecule has 27 heavy (non-hydrogen) atoms. The van der Waals surface area contributed by atoms with Crippen molar-refractivity contribution in [3.05, 3.63) is 53.4 Å². The van der Waals surface area contributed by atoms with Crippen LogP contribution in [0.4, 0.5) is 8.78 Å². The zero-order valence-corrected chi connectivity index (χ0v) is 15.8. The molecular weight excluding hydrogens is 376 g/mol. The number of rotatable bonds is 6. The van der Waals surface area contributed by atoms with Gasteiger partial charge in [-0.3, -0.25) is 0 Å². The predicted octanol–water partition coefficient (Wildman–Crippen LogP) is 2.69. The molecule has 0 aliphatic carbocycles. The molecule has 1 aromatic carbocycles. The second-order valence-electron chi connectivity index (χ2n) is 6.46. The molecule has 1 aliphatic heterocycles. The topological polar surface area (TPSA) is 72.4 Å². The van der Waals surface area contributed by atoms with E-state index in [4.69, 9.17) is 4.74 Å². The summed E-state index contributed by atoms with van der Waals surface area (Å²) in [4.78, 5) is 8.25. The number of sulfonamides is 1. The Balaban J connectivity index is 1.67. The normalized spacial score (nSPS) is 18.4. The number of piperidine rings is 1. The van der Waals surface area contributed by atoms with Crippen molar-refractivity contribution in [2.75, 3.05) is 13.1 Å². The standard InChI is InChI=1S/C18H21F2N3O3S/c1-2-13-9-21-18(22-10-13)26-16-4-3-7-23(11-16)27(24,25)12-14-8-15(19)5-6-17(14)20/h5-6,8-10,16H,2-4,7,11-12H2,1H3. The molecule has 9 heteroatoms. The SMILES string of the molecule is CCc1cnc(OC2CCCN(S(=O)(=O)Cc3cc(F)ccc3F)C2)nc1. The van der Waals surface area contributed by atoms with Crippen LogP contribution < -0.4 is 4.74 Å². The summed E-state index contributed by atoms with van der Waals surface area (Å²) >= 11 is 0. The van der Waals surface area contributed by atoms with Crippen LogP contribution in [0.5, 0.6) is 6.01 Å². The first kappa shape index (κ1) is 19.6. The van der Waals surface area contributed by atoms with Crippen LogP contribution >= 0.6 is 0 Å². The highest BCUT2D eigenvalue weighted by molar-refractivity contribution is 7.88. The molecule has 2 aromatic rings. The van der Waals surface area contributed by atoms with Gasteiger partial charge in [0.05, 0.1) is 12.3 Å². The van der Waals surface area contributed by atoms with Crippen LogP contribution in [-0.2, 0) is 22.2 Å². The first-order valence-electron chi connectivity index (χ1n) is 8.76. The Hall–Kier alpha value is -2.13. The molecule has 0 bridgehead atoms. The maximum absolute atomic E-state index is 13.8. The van der Waals surface area contributed by atoms with Gasteiger partial charge in [0, 0.05) is 24.5 Å². The van der Waals surface area contributed by atoms with E-state index >= 15 is 0 Å². The number of ether oxygens (including phenoxy) is 1. The highest BCUT2D eigenvalue weighted by atomic mass is 32.2. The molecule has 146 valence electrons. The van der Waals surface area contributed by atoms with E-state index in [9.17, 15) is 17.2 Å². The second kappa shape index (κ2) is 8.26. The molecule has 0 N–H and O–H groups in total. The monoisotopic (exact) mass is 397 g/mol. The molecule has 0 amide bonds. The van der Waals surface area contributed by atoms with Crippen LogP contribution in [0.3, 0.4) is 0 Å². The lowest BCUT2D eigenvalue weighted by Crippen LogP contribution is -2.45. The third kappa shape index (κ3) is 4.98. The maximum atomic E-state index is 13.8. The minimum atomic E-state index is -3.81. The summed E-state index contributed by atoms with van der Waals surface area (Å²) in [5, 5.41) is 0. The van der Waals surface area contributed by atoms with Crippen molar-refractivity contribution in [1.29, 1.82) is 0 Å². The van der Waals surface area contributed by atoms with Crippen LogP contribution in [0.1, 0.15) is 30.9 Å². The molecule has 1 saturated heterocycles. The smallest absolute Gasteiger partial charge is 0.316 e. The van der Waals surface area contributed by atoms with E-state index in [0.29, 0.717) is 19.4 Å². The summed E-state index contributed by atoms with van der Waals surface area (Å²) in [6, 6.07) is 3.00. The molecule has 1 aliphatic rings. The van der Waals surface area contributed by atoms with Gasteiger partial charge in [0.2, 0.25) is 10.0 Å². The van der Waals surface area contributed by atoms with Gasteiger partial charge in [-0.2, -0.15) is 4.31 Å². The van der Waals surface area contributed by atoms with Gasteiger partial charge in [-0.1, -0.05) is 6.92 Å². The average molecular weight is 397 g/mol. The van der Waals surface area contributed by atoms with E-state index < -0.39 is 33.5 Å². The van der Waals surface area contributed by atoms with Crippen molar-refractivity contribution in [3.63, 3.8) is 0 Å². The van der Waals surface area contributed by atoms with Crippen LogP contribution in [0, 0.1) is 11.6 Å². The summed E-state index contributed by atoms with van der Waals surface area (Å²) in [6.45, 7) is 2.43. The zero-order valence-electron chi connectivity index (χ0n) is 14.9. The van der Waals surface area contributed by atoms with E-state index in [1.165, 1.54) is 4.31 Å². The van der Waals surface area contributed by atoms with Crippen molar-refractivity contribution < 1.29 is 21.9 Å². The summed E-state index contributed by atoms with van der Waals surface area (Å²) in [5.41, 5.74) is 0.795. The molecule has 1 atom stereocenters. The van der Waals surface area contributed by atoms with Gasteiger partial charge in [-0.05, 0) is 43.0 Å². The molecule has 1 unspecified atom stereocenters. The molecule has 0 radical (unpaired) electrons. The number of aromatic nitrogens is 2. The van der Waals surface area contributed by atoms with Crippen molar-refractivity contribution in [2.45, 2.75) is 38.0 Å². The molecule has 1 aromatic heterocycles. The van der Waals surface area contributed by atoms with Crippen LogP contribution in [0.25, 0.3) is 0 Å². The number of halogens is 2. The van der Waals surface area contributed by atoms with E-state index in [-0.39, 0.29) is 18.1 Å². The van der Waals surface area contributed by atoms with E-state index in [2.05, 4.69) is 9.97 Å². The largest absolute Gasteiger partial charge is 0.459 e. The lowest BCUT2D eigenvalue weighted by molar-refractivity contribution is 0.119. The van der Waals surface area contributed by atoms with Crippen LogP contribution in [0.2, 0.25) is 0 Å². The fourth-order valence-corrected chi connectivity index (χ4v) is 4.53. The van der Waals surface area contributed by atoms with Crippen molar-refractivity contribution in [1.82, 2.24) is 14.3 Å². The lowest BCUT2D eigenvalue weighted by Gasteiger charge is -2.31. The van der Waals surface area contributed by atoms with Gasteiger partial charge in [-0.15, -0.1) is 0 Å². The summed E-state index contributed by atoms with van der Waals surface area (Å²) in [7, 11) is -3.81. The van der Waals surface area contributed by atoms with Gasteiger partial charge in [-0.25, -0.2) is 27.2 Å². The fraction of sp³-hybridized carbons (Fsp3) is 0.444. The summed E-state index contributed by atoms with van der Waals surface area (Å²) in [5.74, 6) is -2.01. The third-order valence-corrected chi connectivity index (χ3v) is 6.24. The molecule has 0 spiro atoms. The van der Waals surface area contributed by atoms with E-state index in [1.807, 2.05) is 6.92 Å². The Morgan fingerprint density at radius 3 is 2.70 bits per heavy atom. The number of nitrogens with zero attached hydrogens (tertiary/aromatic N) is 3. The number of benzene rings is 1. The van der Waals surface area contributed by atoms with Gasteiger partial charge in [0.15, 0.2) is 0 Å². The maximum Gasteiger partial charge on any atom is 0.316 e. The summed E-state index contributed by atoms with van der Waals surface area (Å²) < 4.78 is 59.4. The lowest BCUT2D eigenvalue weighted by atomic mass is 10.1. The second-order valence-corrected chi connectivity index (χ2v) is 8.43. The molecule has 1 fully saturated rings. The minimum Gasteiger partial charge on any atom is -0.459 e. The average Bonchev–Trinajstić information content (AvgIpc) is 2.65. The van der Waals surface area contributed by atoms with Crippen LogP contribution in [-0.4, -0.2) is 41.9 Å². The third-order valence-electron chi connectivity index (χ3n) is 4.44. The molecule has 2 heterocycles. The molecule has 6 nitrogen and oxygen atoms in total.